The van der Waals surface area contributed by atoms with Crippen molar-refractivity contribution in [3.8, 4) is 0 Å². The summed E-state index contributed by atoms with van der Waals surface area (Å²) in [5, 5.41) is 11.1. The average Bonchev–Trinajstić information content (AvgIpc) is 3.02. The summed E-state index contributed by atoms with van der Waals surface area (Å²) in [4.78, 5) is 27.1. The minimum atomic E-state index is -1.12. The van der Waals surface area contributed by atoms with Gasteiger partial charge in [0.1, 0.15) is 17.4 Å². The number of nitrogens with zero attached hydrogens (tertiary/aromatic N) is 1. The molecule has 1 amide bonds. The molecule has 1 fully saturated rings. The number of aliphatic hydroxyl groups excluding tert-OH is 1. The Hall–Kier alpha value is -3.80. The summed E-state index contributed by atoms with van der Waals surface area (Å²) in [6, 6.07) is 13.8. The molecule has 1 N–H and O–H groups in total. The Morgan fingerprint density at radius 2 is 1.66 bits per heavy atom. The van der Waals surface area contributed by atoms with Crippen LogP contribution in [0.3, 0.4) is 0 Å². The molecular weight excluding hydrogens is 412 g/mol. The van der Waals surface area contributed by atoms with E-state index in [2.05, 4.69) is 0 Å². The van der Waals surface area contributed by atoms with Gasteiger partial charge < -0.3 is 5.11 Å². The van der Waals surface area contributed by atoms with E-state index in [1.54, 1.807) is 36.4 Å². The summed E-state index contributed by atoms with van der Waals surface area (Å²) in [6.45, 7) is 5.62. The molecule has 3 aromatic carbocycles. The number of hydrogen-bond donors (Lipinski definition) is 1. The standard InChI is InChI=1S/C26H21F2NO3/c1-14-5-4-6-17(11-14)23-22(24(30)18-8-7-15(2)16(3)12-18)25(31)26(32)29(23)21-13-19(27)9-10-20(21)28/h4-13,23,30H,1-3H3/b24-22+. The van der Waals surface area contributed by atoms with E-state index < -0.39 is 29.4 Å². The Labute approximate surface area is 184 Å². The number of rotatable bonds is 3. The number of Topliss-reactive ketones (excluding diaryl/α,β-unsaturated/α-hetero) is 1. The molecule has 3 aromatic rings. The molecule has 0 saturated carbocycles. The van der Waals surface area contributed by atoms with Gasteiger partial charge in [-0.25, -0.2) is 8.78 Å². The molecule has 0 aliphatic carbocycles. The Kier molecular flexibility index (Phi) is 5.38. The van der Waals surface area contributed by atoms with Crippen molar-refractivity contribution in [2.24, 2.45) is 0 Å². The highest BCUT2D eigenvalue weighted by atomic mass is 19.1. The summed E-state index contributed by atoms with van der Waals surface area (Å²) in [7, 11) is 0. The average molecular weight is 433 g/mol. The van der Waals surface area contributed by atoms with Crippen molar-refractivity contribution in [2.45, 2.75) is 26.8 Å². The zero-order chi connectivity index (χ0) is 23.2. The van der Waals surface area contributed by atoms with Crippen LogP contribution in [0.5, 0.6) is 0 Å². The van der Waals surface area contributed by atoms with E-state index in [9.17, 15) is 23.5 Å². The second-order valence-corrected chi connectivity index (χ2v) is 7.98. The molecule has 162 valence electrons. The normalized spacial score (nSPS) is 17.8. The number of aryl methyl sites for hydroxylation is 3. The minimum absolute atomic E-state index is 0.174. The molecular formula is C26H21F2NO3. The number of carbonyl (C=O) groups excluding carboxylic acids is 2. The number of amides is 1. The van der Waals surface area contributed by atoms with Crippen LogP contribution in [-0.2, 0) is 9.59 Å². The van der Waals surface area contributed by atoms with Gasteiger partial charge in [0.2, 0.25) is 0 Å². The molecule has 0 spiro atoms. The third kappa shape index (κ3) is 3.58. The second-order valence-electron chi connectivity index (χ2n) is 7.98. The lowest BCUT2D eigenvalue weighted by Crippen LogP contribution is -2.30. The van der Waals surface area contributed by atoms with E-state index in [0.717, 1.165) is 39.8 Å². The van der Waals surface area contributed by atoms with Gasteiger partial charge in [-0.2, -0.15) is 0 Å². The van der Waals surface area contributed by atoms with E-state index >= 15 is 0 Å². The SMILES string of the molecule is Cc1cccc(C2/C(=C(\O)c3ccc(C)c(C)c3)C(=O)C(=O)N2c2cc(F)ccc2F)c1. The number of benzene rings is 3. The lowest BCUT2D eigenvalue weighted by atomic mass is 9.93. The van der Waals surface area contributed by atoms with Crippen LogP contribution in [-0.4, -0.2) is 16.8 Å². The lowest BCUT2D eigenvalue weighted by molar-refractivity contribution is -0.132. The highest BCUT2D eigenvalue weighted by molar-refractivity contribution is 6.51. The van der Waals surface area contributed by atoms with Gasteiger partial charge in [0.05, 0.1) is 17.3 Å². The summed E-state index contributed by atoms with van der Waals surface area (Å²) >= 11 is 0. The molecule has 0 bridgehead atoms. The molecule has 4 nitrogen and oxygen atoms in total. The molecule has 6 heteroatoms. The van der Waals surface area contributed by atoms with Gasteiger partial charge >= 0.3 is 0 Å². The first-order valence-electron chi connectivity index (χ1n) is 10.1. The third-order valence-corrected chi connectivity index (χ3v) is 5.75. The molecule has 32 heavy (non-hydrogen) atoms. The molecule has 0 aromatic heterocycles. The summed E-state index contributed by atoms with van der Waals surface area (Å²) in [5.74, 6) is -3.96. The van der Waals surface area contributed by atoms with Crippen molar-refractivity contribution in [1.82, 2.24) is 0 Å². The number of hydrogen-bond acceptors (Lipinski definition) is 3. The van der Waals surface area contributed by atoms with E-state index in [1.807, 2.05) is 26.8 Å². The lowest BCUT2D eigenvalue weighted by Gasteiger charge is -2.26. The van der Waals surface area contributed by atoms with Crippen LogP contribution >= 0.6 is 0 Å². The maximum absolute atomic E-state index is 14.7. The first kappa shape index (κ1) is 21.4. The number of halogens is 2. The maximum atomic E-state index is 14.7. The van der Waals surface area contributed by atoms with Gasteiger partial charge in [0.25, 0.3) is 11.7 Å². The molecule has 1 atom stereocenters. The predicted octanol–water partition coefficient (Wildman–Crippen LogP) is 5.52. The first-order valence-corrected chi connectivity index (χ1v) is 10.1. The van der Waals surface area contributed by atoms with Gasteiger partial charge in [-0.05, 0) is 55.7 Å². The minimum Gasteiger partial charge on any atom is -0.507 e. The van der Waals surface area contributed by atoms with Crippen molar-refractivity contribution in [3.05, 3.63) is 106 Å². The van der Waals surface area contributed by atoms with E-state index in [-0.39, 0.29) is 17.0 Å². The van der Waals surface area contributed by atoms with Gasteiger partial charge in [-0.3, -0.25) is 14.5 Å². The third-order valence-electron chi connectivity index (χ3n) is 5.75. The van der Waals surface area contributed by atoms with Crippen molar-refractivity contribution in [2.75, 3.05) is 4.90 Å². The van der Waals surface area contributed by atoms with Crippen LogP contribution in [0.2, 0.25) is 0 Å². The van der Waals surface area contributed by atoms with Crippen LogP contribution in [0.15, 0.2) is 66.2 Å². The quantitative estimate of drug-likeness (QED) is 0.336. The van der Waals surface area contributed by atoms with Crippen molar-refractivity contribution >= 4 is 23.1 Å². The van der Waals surface area contributed by atoms with Gasteiger partial charge in [-0.1, -0.05) is 42.0 Å². The summed E-state index contributed by atoms with van der Waals surface area (Å²) < 4.78 is 28.7. The largest absolute Gasteiger partial charge is 0.507 e. The molecule has 4 rings (SSSR count). The van der Waals surface area contributed by atoms with E-state index in [1.165, 1.54) is 0 Å². The predicted molar refractivity (Wildman–Crippen MR) is 118 cm³/mol. The fraction of sp³-hybridized carbons (Fsp3) is 0.154. The van der Waals surface area contributed by atoms with Gasteiger partial charge in [0.15, 0.2) is 0 Å². The van der Waals surface area contributed by atoms with Gasteiger partial charge in [-0.15, -0.1) is 0 Å². The Bertz CT molecular complexity index is 1300. The van der Waals surface area contributed by atoms with Crippen LogP contribution in [0.25, 0.3) is 5.76 Å². The molecule has 1 aliphatic heterocycles. The van der Waals surface area contributed by atoms with Crippen molar-refractivity contribution < 1.29 is 23.5 Å². The number of carbonyl (C=O) groups is 2. The highest BCUT2D eigenvalue weighted by Gasteiger charge is 2.47. The van der Waals surface area contributed by atoms with Crippen LogP contribution in [0.4, 0.5) is 14.5 Å². The Balaban J connectivity index is 2.00. The smallest absolute Gasteiger partial charge is 0.300 e. The number of ketones is 1. The van der Waals surface area contributed by atoms with Crippen LogP contribution < -0.4 is 4.90 Å². The van der Waals surface area contributed by atoms with E-state index in [4.69, 9.17) is 0 Å². The Morgan fingerprint density at radius 3 is 2.34 bits per heavy atom. The molecule has 1 saturated heterocycles. The number of aliphatic hydroxyl groups is 1. The monoisotopic (exact) mass is 433 g/mol. The molecule has 1 aliphatic rings. The second kappa shape index (κ2) is 8.04. The fourth-order valence-electron chi connectivity index (χ4n) is 3.95. The van der Waals surface area contributed by atoms with Crippen LogP contribution in [0.1, 0.15) is 33.9 Å². The zero-order valence-corrected chi connectivity index (χ0v) is 17.8. The first-order chi connectivity index (χ1) is 15.2. The number of anilines is 1. The van der Waals surface area contributed by atoms with Gasteiger partial charge in [0, 0.05) is 11.6 Å². The fourth-order valence-corrected chi connectivity index (χ4v) is 3.95. The Morgan fingerprint density at radius 1 is 0.906 bits per heavy atom. The molecule has 1 heterocycles. The molecule has 0 radical (unpaired) electrons. The van der Waals surface area contributed by atoms with E-state index in [0.29, 0.717) is 11.1 Å². The molecule has 1 unspecified atom stereocenters. The van der Waals surface area contributed by atoms with Crippen molar-refractivity contribution in [1.29, 1.82) is 0 Å². The topological polar surface area (TPSA) is 57.6 Å². The van der Waals surface area contributed by atoms with Crippen molar-refractivity contribution in [3.63, 3.8) is 0 Å². The summed E-state index contributed by atoms with van der Waals surface area (Å²) in [5.41, 5.74) is 3.07. The highest BCUT2D eigenvalue weighted by Crippen LogP contribution is 2.43. The summed E-state index contributed by atoms with van der Waals surface area (Å²) in [6.07, 6.45) is 0. The zero-order valence-electron chi connectivity index (χ0n) is 17.8. The maximum Gasteiger partial charge on any atom is 0.300 e. The van der Waals surface area contributed by atoms with Crippen LogP contribution in [0, 0.1) is 32.4 Å².